The quantitative estimate of drug-likeness (QED) is 0.125. The van der Waals surface area contributed by atoms with Gasteiger partial charge in [-0.25, -0.2) is 13.2 Å². The number of hydrogen-bond acceptors (Lipinski definition) is 9. The number of aliphatic hydroxyl groups is 1. The third-order valence-corrected chi connectivity index (χ3v) is 9.01. The molecule has 12 nitrogen and oxygen atoms in total. The lowest BCUT2D eigenvalue weighted by Crippen LogP contribution is -2.51. The number of benzene rings is 2. The SMILES string of the molecule is CC(C)CN(C[C@@H](O)[C@H](Cc1ccccc1)NC(=O)O[C@H]1CO[C@H]2OCC[C@H]21)S(=O)(=O)c1ccc(/C(N)=N/O)cc1. The molecule has 0 saturated carbocycles. The maximum Gasteiger partial charge on any atom is 0.407 e. The Labute approximate surface area is 240 Å². The average Bonchev–Trinajstić information content (AvgIpc) is 3.57. The van der Waals surface area contributed by atoms with E-state index in [1.807, 2.05) is 44.2 Å². The molecular formula is C28H38N4O8S. The molecule has 0 unspecified atom stereocenters. The van der Waals surface area contributed by atoms with Crippen molar-refractivity contribution in [2.24, 2.45) is 22.7 Å². The molecule has 0 bridgehead atoms. The second kappa shape index (κ2) is 13.6. The summed E-state index contributed by atoms with van der Waals surface area (Å²) in [7, 11) is -4.05. The standard InChI is InChI=1S/C28H38N4O8S/c1-18(2)15-32(41(36,37)21-10-8-20(9-11-21)26(29)31-35)16-24(33)23(14-19-6-4-3-5-7-19)30-28(34)40-25-17-39-27-22(25)12-13-38-27/h3-11,18,22-25,27,33,35H,12-17H2,1-2H3,(H2,29,31)(H,30,34)/t22-,23-,24+,25-,27+/m0/s1. The molecule has 2 saturated heterocycles. The minimum absolute atomic E-state index is 0.0126. The van der Waals surface area contributed by atoms with Crippen LogP contribution in [0.1, 0.15) is 31.4 Å². The number of nitrogens with two attached hydrogens (primary N) is 1. The van der Waals surface area contributed by atoms with Gasteiger partial charge in [-0.15, -0.1) is 0 Å². The number of nitrogens with zero attached hydrogens (tertiary/aromatic N) is 2. The zero-order valence-corrected chi connectivity index (χ0v) is 23.9. The van der Waals surface area contributed by atoms with E-state index in [2.05, 4.69) is 10.5 Å². The summed E-state index contributed by atoms with van der Waals surface area (Å²) >= 11 is 0. The summed E-state index contributed by atoms with van der Waals surface area (Å²) in [6.07, 6.45) is -1.87. The van der Waals surface area contributed by atoms with E-state index in [0.717, 1.165) is 12.0 Å². The molecule has 2 heterocycles. The van der Waals surface area contributed by atoms with Crippen LogP contribution in [-0.4, -0.2) is 85.8 Å². The van der Waals surface area contributed by atoms with Crippen molar-refractivity contribution < 1.29 is 37.7 Å². The number of nitrogens with one attached hydrogen (secondary N) is 1. The zero-order chi connectivity index (χ0) is 29.6. The van der Waals surface area contributed by atoms with Gasteiger partial charge >= 0.3 is 6.09 Å². The highest BCUT2D eigenvalue weighted by Gasteiger charge is 2.44. The van der Waals surface area contributed by atoms with Gasteiger partial charge in [-0.3, -0.25) is 0 Å². The minimum Gasteiger partial charge on any atom is -0.443 e. The third-order valence-electron chi connectivity index (χ3n) is 7.16. The number of ether oxygens (including phenoxy) is 3. The predicted octanol–water partition coefficient (Wildman–Crippen LogP) is 1.89. The number of aliphatic hydroxyl groups excluding tert-OH is 1. The number of fused-ring (bicyclic) bond motifs is 1. The highest BCUT2D eigenvalue weighted by molar-refractivity contribution is 7.89. The molecule has 2 aliphatic heterocycles. The first-order valence-electron chi connectivity index (χ1n) is 13.6. The Hall–Kier alpha value is -3.23. The maximum absolute atomic E-state index is 13.7. The van der Waals surface area contributed by atoms with Crippen LogP contribution >= 0.6 is 0 Å². The lowest BCUT2D eigenvalue weighted by Gasteiger charge is -2.31. The molecule has 13 heteroatoms. The molecule has 1 amide bonds. The van der Waals surface area contributed by atoms with E-state index in [1.54, 1.807) is 0 Å². The molecule has 2 fully saturated rings. The average molecular weight is 591 g/mol. The van der Waals surface area contributed by atoms with E-state index in [1.165, 1.54) is 28.6 Å². The Morgan fingerprint density at radius 3 is 2.51 bits per heavy atom. The Bertz CT molecular complexity index is 1290. The lowest BCUT2D eigenvalue weighted by atomic mass is 10.0. The van der Waals surface area contributed by atoms with Crippen LogP contribution in [0, 0.1) is 11.8 Å². The molecule has 41 heavy (non-hydrogen) atoms. The maximum atomic E-state index is 13.7. The van der Waals surface area contributed by atoms with Gasteiger partial charge in [0.25, 0.3) is 0 Å². The van der Waals surface area contributed by atoms with Crippen molar-refractivity contribution >= 4 is 22.0 Å². The Balaban J connectivity index is 1.52. The molecule has 0 aromatic heterocycles. The van der Waals surface area contributed by atoms with Gasteiger partial charge in [-0.2, -0.15) is 4.31 Å². The summed E-state index contributed by atoms with van der Waals surface area (Å²) in [5.74, 6) is -0.247. The zero-order valence-electron chi connectivity index (χ0n) is 23.1. The topological polar surface area (TPSA) is 173 Å². The molecule has 2 aromatic carbocycles. The summed E-state index contributed by atoms with van der Waals surface area (Å²) < 4.78 is 45.2. The van der Waals surface area contributed by atoms with Crippen LogP contribution in [0.3, 0.4) is 0 Å². The third kappa shape index (κ3) is 7.74. The molecule has 2 aliphatic rings. The van der Waals surface area contributed by atoms with Crippen LogP contribution in [0.5, 0.6) is 0 Å². The van der Waals surface area contributed by atoms with Gasteiger partial charge in [0.1, 0.15) is 6.10 Å². The number of carbonyl (C=O) groups excluding carboxylic acids is 1. The minimum atomic E-state index is -4.05. The van der Waals surface area contributed by atoms with Crippen molar-refractivity contribution in [1.29, 1.82) is 0 Å². The fourth-order valence-corrected chi connectivity index (χ4v) is 6.66. The molecule has 5 atom stereocenters. The number of sulfonamides is 1. The van der Waals surface area contributed by atoms with Gasteiger partial charge in [0.15, 0.2) is 12.1 Å². The monoisotopic (exact) mass is 590 g/mol. The van der Waals surface area contributed by atoms with Gasteiger partial charge in [-0.1, -0.05) is 49.3 Å². The van der Waals surface area contributed by atoms with Crippen molar-refractivity contribution in [2.75, 3.05) is 26.3 Å². The summed E-state index contributed by atoms with van der Waals surface area (Å²) in [4.78, 5) is 13.0. The number of oxime groups is 1. The van der Waals surface area contributed by atoms with E-state index < -0.39 is 34.4 Å². The predicted molar refractivity (Wildman–Crippen MR) is 150 cm³/mol. The van der Waals surface area contributed by atoms with Crippen LogP contribution < -0.4 is 11.1 Å². The number of amides is 1. The Morgan fingerprint density at radius 1 is 1.15 bits per heavy atom. The smallest absolute Gasteiger partial charge is 0.407 e. The molecule has 5 N–H and O–H groups in total. The summed E-state index contributed by atoms with van der Waals surface area (Å²) in [6, 6.07) is 14.0. The van der Waals surface area contributed by atoms with Crippen molar-refractivity contribution in [1.82, 2.24) is 9.62 Å². The fourth-order valence-electron chi connectivity index (χ4n) is 5.04. The number of alkyl carbamates (subject to hydrolysis) is 1. The summed E-state index contributed by atoms with van der Waals surface area (Å²) in [6.45, 7) is 4.37. The first kappa shape index (κ1) is 30.7. The van der Waals surface area contributed by atoms with Crippen molar-refractivity contribution in [3.05, 3.63) is 65.7 Å². The van der Waals surface area contributed by atoms with Crippen molar-refractivity contribution in [3.8, 4) is 0 Å². The van der Waals surface area contributed by atoms with Gasteiger partial charge in [0.2, 0.25) is 10.0 Å². The fraction of sp³-hybridized carbons (Fsp3) is 0.500. The van der Waals surface area contributed by atoms with Gasteiger partial charge in [0.05, 0.1) is 36.2 Å². The number of rotatable bonds is 12. The first-order valence-corrected chi connectivity index (χ1v) is 15.0. The number of hydrogen-bond donors (Lipinski definition) is 4. The van der Waals surface area contributed by atoms with E-state index in [0.29, 0.717) is 12.2 Å². The highest BCUT2D eigenvalue weighted by atomic mass is 32.2. The second-order valence-electron chi connectivity index (χ2n) is 10.7. The van der Waals surface area contributed by atoms with E-state index >= 15 is 0 Å². The molecule has 0 radical (unpaired) electrons. The summed E-state index contributed by atoms with van der Waals surface area (Å²) in [5, 5.41) is 26.0. The van der Waals surface area contributed by atoms with Crippen molar-refractivity contribution in [3.63, 3.8) is 0 Å². The molecule has 2 aromatic rings. The van der Waals surface area contributed by atoms with Gasteiger partial charge in [-0.05, 0) is 48.6 Å². The van der Waals surface area contributed by atoms with E-state index in [4.69, 9.17) is 25.2 Å². The molecule has 224 valence electrons. The van der Waals surface area contributed by atoms with Gasteiger partial charge in [0, 0.05) is 18.7 Å². The largest absolute Gasteiger partial charge is 0.443 e. The van der Waals surface area contributed by atoms with Crippen molar-refractivity contribution in [2.45, 2.75) is 56.1 Å². The molecular weight excluding hydrogens is 552 g/mol. The first-order chi connectivity index (χ1) is 19.6. The highest BCUT2D eigenvalue weighted by Crippen LogP contribution is 2.33. The van der Waals surface area contributed by atoms with Crippen LogP contribution in [0.4, 0.5) is 4.79 Å². The summed E-state index contributed by atoms with van der Waals surface area (Å²) in [5.41, 5.74) is 6.81. The molecule has 0 spiro atoms. The normalized spacial score (nSPS) is 22.5. The Morgan fingerprint density at radius 2 is 1.85 bits per heavy atom. The van der Waals surface area contributed by atoms with Gasteiger partial charge < -0.3 is 35.6 Å². The van der Waals surface area contributed by atoms with Crippen LogP contribution in [0.15, 0.2) is 64.6 Å². The van der Waals surface area contributed by atoms with Crippen LogP contribution in [0.2, 0.25) is 0 Å². The second-order valence-corrected chi connectivity index (χ2v) is 12.6. The van der Waals surface area contributed by atoms with E-state index in [-0.39, 0.29) is 55.0 Å². The molecule has 0 aliphatic carbocycles. The van der Waals surface area contributed by atoms with Crippen LogP contribution in [0.25, 0.3) is 0 Å². The molecule has 4 rings (SSSR count). The van der Waals surface area contributed by atoms with E-state index in [9.17, 15) is 18.3 Å². The Kier molecular flexibility index (Phi) is 10.2. The number of amidine groups is 1. The lowest BCUT2D eigenvalue weighted by molar-refractivity contribution is -0.0907. The number of carbonyl (C=O) groups is 1. The van der Waals surface area contributed by atoms with Crippen LogP contribution in [-0.2, 0) is 30.7 Å².